The van der Waals surface area contributed by atoms with Crippen LogP contribution in [0.5, 0.6) is 5.75 Å². The molecule has 0 aliphatic carbocycles. The second-order valence-electron chi connectivity index (χ2n) is 6.78. The largest absolute Gasteiger partial charge is 0.494 e. The fourth-order valence-corrected chi connectivity index (χ4v) is 4.12. The fourth-order valence-electron chi connectivity index (χ4n) is 2.75. The van der Waals surface area contributed by atoms with E-state index in [0.29, 0.717) is 17.9 Å². The maximum Gasteiger partial charge on any atom is 0.178 e. The van der Waals surface area contributed by atoms with Gasteiger partial charge in [-0.3, -0.25) is 0 Å². The molecule has 5 heteroatoms. The number of aliphatic hydroxyl groups is 1. The molecule has 0 bridgehead atoms. The van der Waals surface area contributed by atoms with Gasteiger partial charge in [-0.15, -0.1) is 0 Å². The Morgan fingerprint density at radius 2 is 1.46 bits per heavy atom. The Labute approximate surface area is 168 Å². The number of hydrogen-bond acceptors (Lipinski definition) is 4. The van der Waals surface area contributed by atoms with E-state index >= 15 is 0 Å². The first-order valence-electron chi connectivity index (χ1n) is 9.90. The highest BCUT2D eigenvalue weighted by Gasteiger charge is 2.13. The van der Waals surface area contributed by atoms with E-state index in [1.165, 1.54) is 0 Å². The van der Waals surface area contributed by atoms with Crippen LogP contribution in [0.1, 0.15) is 50.2 Å². The third kappa shape index (κ3) is 7.49. The smallest absolute Gasteiger partial charge is 0.178 e. The minimum atomic E-state index is -3.19. The number of benzene rings is 2. The Hall–Kier alpha value is -2.11. The summed E-state index contributed by atoms with van der Waals surface area (Å²) in [5.74, 6) is 0.994. The van der Waals surface area contributed by atoms with Crippen molar-refractivity contribution in [3.63, 3.8) is 0 Å². The molecule has 0 fully saturated rings. The lowest BCUT2D eigenvalue weighted by Gasteiger charge is -2.05. The molecule has 0 aliphatic heterocycles. The maximum absolute atomic E-state index is 12.4. The zero-order chi connectivity index (χ0) is 20.2. The summed E-state index contributed by atoms with van der Waals surface area (Å²) >= 11 is 0. The lowest BCUT2D eigenvalue weighted by Crippen LogP contribution is -2.06. The molecule has 0 amide bonds. The zero-order valence-electron chi connectivity index (χ0n) is 16.5. The van der Waals surface area contributed by atoms with Crippen molar-refractivity contribution in [3.8, 4) is 5.75 Å². The van der Waals surface area contributed by atoms with Crippen LogP contribution in [0.25, 0.3) is 12.2 Å². The minimum absolute atomic E-state index is 0.125. The Morgan fingerprint density at radius 3 is 2.04 bits per heavy atom. The van der Waals surface area contributed by atoms with Gasteiger partial charge < -0.3 is 9.84 Å². The summed E-state index contributed by atoms with van der Waals surface area (Å²) in [7, 11) is -3.19. The summed E-state index contributed by atoms with van der Waals surface area (Å²) in [5, 5.41) is 8.76. The van der Waals surface area contributed by atoms with Gasteiger partial charge in [0.05, 0.1) is 17.3 Å². The van der Waals surface area contributed by atoms with Gasteiger partial charge in [0.1, 0.15) is 5.75 Å². The van der Waals surface area contributed by atoms with Crippen LogP contribution >= 0.6 is 0 Å². The first kappa shape index (κ1) is 22.2. The second kappa shape index (κ2) is 11.7. The van der Waals surface area contributed by atoms with Crippen molar-refractivity contribution in [2.45, 2.75) is 43.9 Å². The predicted octanol–water partition coefficient (Wildman–Crippen LogP) is 4.97. The van der Waals surface area contributed by atoms with Crippen molar-refractivity contribution < 1.29 is 18.3 Å². The summed E-state index contributed by atoms with van der Waals surface area (Å²) in [5.41, 5.74) is 1.98. The van der Waals surface area contributed by atoms with E-state index in [4.69, 9.17) is 9.84 Å². The van der Waals surface area contributed by atoms with Gasteiger partial charge in [0, 0.05) is 13.0 Å². The summed E-state index contributed by atoms with van der Waals surface area (Å²) in [6, 6.07) is 14.7. The Bertz CT molecular complexity index is 822. The maximum atomic E-state index is 12.4. The number of hydrogen-bond donors (Lipinski definition) is 1. The van der Waals surface area contributed by atoms with Crippen molar-refractivity contribution in [2.75, 3.05) is 19.0 Å². The van der Waals surface area contributed by atoms with Gasteiger partial charge in [0.25, 0.3) is 0 Å². The topological polar surface area (TPSA) is 63.6 Å². The number of rotatable bonds is 12. The van der Waals surface area contributed by atoms with Crippen LogP contribution in [0.3, 0.4) is 0 Å². The van der Waals surface area contributed by atoms with Crippen LogP contribution in [0.4, 0.5) is 0 Å². The van der Waals surface area contributed by atoms with E-state index in [-0.39, 0.29) is 12.4 Å². The van der Waals surface area contributed by atoms with E-state index in [9.17, 15) is 8.42 Å². The fraction of sp³-hybridized carbons (Fsp3) is 0.391. The molecular weight excluding hydrogens is 372 g/mol. The number of aliphatic hydroxyl groups excluding tert-OH is 1. The molecule has 2 rings (SSSR count). The molecule has 0 aliphatic rings. The highest BCUT2D eigenvalue weighted by molar-refractivity contribution is 7.91. The van der Waals surface area contributed by atoms with E-state index in [0.717, 1.165) is 42.6 Å². The lowest BCUT2D eigenvalue weighted by molar-refractivity contribution is 0.233. The highest BCUT2D eigenvalue weighted by Crippen LogP contribution is 2.18. The van der Waals surface area contributed by atoms with E-state index in [1.807, 2.05) is 48.6 Å². The summed E-state index contributed by atoms with van der Waals surface area (Å²) in [6.45, 7) is 2.74. The van der Waals surface area contributed by atoms with Gasteiger partial charge in [0.2, 0.25) is 0 Å². The van der Waals surface area contributed by atoms with Crippen molar-refractivity contribution in [1.82, 2.24) is 0 Å². The van der Waals surface area contributed by atoms with Crippen LogP contribution in [0.15, 0.2) is 53.4 Å². The van der Waals surface area contributed by atoms with Gasteiger partial charge in [0.15, 0.2) is 9.84 Å². The van der Waals surface area contributed by atoms with Crippen molar-refractivity contribution in [1.29, 1.82) is 0 Å². The average molecular weight is 403 g/mol. The van der Waals surface area contributed by atoms with E-state index in [2.05, 4.69) is 6.92 Å². The second-order valence-corrected chi connectivity index (χ2v) is 8.89. The van der Waals surface area contributed by atoms with E-state index in [1.54, 1.807) is 12.1 Å². The van der Waals surface area contributed by atoms with Crippen LogP contribution in [-0.4, -0.2) is 32.5 Å². The molecule has 1 N–H and O–H groups in total. The molecule has 28 heavy (non-hydrogen) atoms. The quantitative estimate of drug-likeness (QED) is 0.402. The van der Waals surface area contributed by atoms with Gasteiger partial charge in [-0.25, -0.2) is 8.42 Å². The SMILES string of the molecule is CCCCCCS(=O)(=O)c1ccc(C=Cc2ccc(OCCCO)cc2)cc1. The van der Waals surface area contributed by atoms with Crippen LogP contribution in [-0.2, 0) is 9.84 Å². The first-order chi connectivity index (χ1) is 13.5. The molecule has 0 saturated heterocycles. The number of sulfone groups is 1. The van der Waals surface area contributed by atoms with E-state index < -0.39 is 9.84 Å². The third-order valence-corrected chi connectivity index (χ3v) is 6.24. The van der Waals surface area contributed by atoms with Crippen LogP contribution < -0.4 is 4.74 Å². The summed E-state index contributed by atoms with van der Waals surface area (Å²) in [6.07, 6.45) is 8.41. The molecule has 0 aromatic heterocycles. The lowest BCUT2D eigenvalue weighted by atomic mass is 10.1. The van der Waals surface area contributed by atoms with Crippen LogP contribution in [0.2, 0.25) is 0 Å². The van der Waals surface area contributed by atoms with Gasteiger partial charge >= 0.3 is 0 Å². The molecule has 2 aromatic rings. The Morgan fingerprint density at radius 1 is 0.857 bits per heavy atom. The molecule has 0 saturated carbocycles. The molecule has 0 heterocycles. The first-order valence-corrected chi connectivity index (χ1v) is 11.5. The molecule has 0 radical (unpaired) electrons. The molecule has 0 atom stereocenters. The standard InChI is InChI=1S/C23H30O4S/c1-2-3-4-5-19-28(25,26)23-15-11-21(12-16-23)8-7-20-9-13-22(14-10-20)27-18-6-17-24/h7-16,24H,2-6,17-19H2,1H3. The van der Waals surface area contributed by atoms with Gasteiger partial charge in [-0.1, -0.05) is 62.6 Å². The molecular formula is C23H30O4S. The van der Waals surface area contributed by atoms with Crippen LogP contribution in [0, 0.1) is 0 Å². The minimum Gasteiger partial charge on any atom is -0.494 e. The molecule has 0 unspecified atom stereocenters. The monoisotopic (exact) mass is 402 g/mol. The third-order valence-electron chi connectivity index (χ3n) is 4.43. The summed E-state index contributed by atoms with van der Waals surface area (Å²) in [4.78, 5) is 0.394. The van der Waals surface area contributed by atoms with Gasteiger partial charge in [-0.2, -0.15) is 0 Å². The normalized spacial score (nSPS) is 11.8. The molecule has 4 nitrogen and oxygen atoms in total. The number of ether oxygens (including phenoxy) is 1. The zero-order valence-corrected chi connectivity index (χ0v) is 17.3. The highest BCUT2D eigenvalue weighted by atomic mass is 32.2. The Balaban J connectivity index is 1.92. The van der Waals surface area contributed by atoms with Crippen molar-refractivity contribution in [3.05, 3.63) is 59.7 Å². The molecule has 152 valence electrons. The predicted molar refractivity (Wildman–Crippen MR) is 115 cm³/mol. The molecule has 0 spiro atoms. The van der Waals surface area contributed by atoms with Crippen molar-refractivity contribution in [2.24, 2.45) is 0 Å². The number of unbranched alkanes of at least 4 members (excludes halogenated alkanes) is 3. The van der Waals surface area contributed by atoms with Crippen molar-refractivity contribution >= 4 is 22.0 Å². The summed E-state index contributed by atoms with van der Waals surface area (Å²) < 4.78 is 30.2. The average Bonchev–Trinajstić information content (AvgIpc) is 2.71. The van der Waals surface area contributed by atoms with Gasteiger partial charge in [-0.05, 0) is 41.8 Å². The molecule has 2 aromatic carbocycles. The Kier molecular flexibility index (Phi) is 9.24.